The van der Waals surface area contributed by atoms with Gasteiger partial charge in [-0.2, -0.15) is 0 Å². The van der Waals surface area contributed by atoms with E-state index in [1.807, 2.05) is 0 Å². The molecule has 6 heavy (non-hydrogen) atoms. The summed E-state index contributed by atoms with van der Waals surface area (Å²) in [5.41, 5.74) is 0. The lowest BCUT2D eigenvalue weighted by Gasteiger charge is -1.91. The first kappa shape index (κ1) is 1.80. The van der Waals surface area contributed by atoms with Crippen molar-refractivity contribution in [2.75, 3.05) is 19.7 Å². The lowest BCUT2D eigenvalue weighted by molar-refractivity contribution is 0.102. The molecule has 0 aliphatic carbocycles. The molecule has 1 N–H and O–H groups in total. The summed E-state index contributed by atoms with van der Waals surface area (Å²) in [6.07, 6.45) is 0. The van der Waals surface area contributed by atoms with Gasteiger partial charge in [0.1, 0.15) is 0 Å². The Bertz CT molecular complexity index is 108. The van der Waals surface area contributed by atoms with Crippen LogP contribution >= 0.6 is 0 Å². The van der Waals surface area contributed by atoms with E-state index in [0.29, 0.717) is 0 Å². The molecule has 0 amide bonds. The van der Waals surface area contributed by atoms with Gasteiger partial charge < -0.3 is 9.84 Å². The van der Waals surface area contributed by atoms with Gasteiger partial charge in [-0.15, -0.1) is 0 Å². The minimum Gasteiger partial charge on any atom is -0.394 e. The van der Waals surface area contributed by atoms with E-state index in [-0.39, 0.29) is 6.61 Å². The molecule has 0 bridgehead atoms. The van der Waals surface area contributed by atoms with Crippen molar-refractivity contribution in [3.05, 3.63) is 0 Å². The highest BCUT2D eigenvalue weighted by atomic mass is 16.5. The Hall–Kier alpha value is -0.0800. The first-order valence-electron chi connectivity index (χ1n) is 3.67. The molecule has 0 spiro atoms. The average molecular weight is 94.1 g/mol. The molecular weight excluding hydrogens is 80.0 g/mol. The van der Waals surface area contributed by atoms with E-state index < -0.39 is 13.1 Å². The lowest BCUT2D eigenvalue weighted by atomic mass is 10.8. The van der Waals surface area contributed by atoms with Gasteiger partial charge in [-0.25, -0.2) is 0 Å². The van der Waals surface area contributed by atoms with Crippen molar-refractivity contribution in [2.24, 2.45) is 0 Å². The van der Waals surface area contributed by atoms with E-state index in [0.717, 1.165) is 0 Å². The first-order valence-corrected chi connectivity index (χ1v) is 1.67. The molecule has 0 atom stereocenters. The van der Waals surface area contributed by atoms with Crippen LogP contribution in [0.15, 0.2) is 0 Å². The number of hydrogen-bond donors (Lipinski definition) is 1. The van der Waals surface area contributed by atoms with Gasteiger partial charge in [0.2, 0.25) is 0 Å². The quantitative estimate of drug-likeness (QED) is 0.534. The van der Waals surface area contributed by atoms with Crippen molar-refractivity contribution in [1.82, 2.24) is 0 Å². The largest absolute Gasteiger partial charge is 0.394 e. The van der Waals surface area contributed by atoms with Gasteiger partial charge in [-0.3, -0.25) is 0 Å². The highest BCUT2D eigenvalue weighted by Crippen LogP contribution is 1.66. The second-order valence-corrected chi connectivity index (χ2v) is 0.647. The third kappa shape index (κ3) is 3.92. The Balaban J connectivity index is 4.10. The molecule has 0 saturated carbocycles. The van der Waals surface area contributed by atoms with Crippen LogP contribution in [0.2, 0.25) is 0 Å². The number of ether oxygens (including phenoxy) is 1. The van der Waals surface area contributed by atoms with Crippen LogP contribution < -0.4 is 0 Å². The summed E-state index contributed by atoms with van der Waals surface area (Å²) in [5.74, 6) is 0. The van der Waals surface area contributed by atoms with Gasteiger partial charge in [0, 0.05) is 6.61 Å². The Labute approximate surface area is 43.4 Å². The van der Waals surface area contributed by atoms with Gasteiger partial charge in [0.15, 0.2) is 0 Å². The van der Waals surface area contributed by atoms with E-state index in [2.05, 4.69) is 4.74 Å². The molecule has 0 aromatic rings. The third-order valence-corrected chi connectivity index (χ3v) is 0.262. The Morgan fingerprint density at radius 1 is 2.00 bits per heavy atom. The minimum absolute atomic E-state index is 0.0209. The predicted octanol–water partition coefficient (Wildman–Crippen LogP) is 0.0152. The molecule has 0 rings (SSSR count). The van der Waals surface area contributed by atoms with Crippen molar-refractivity contribution in [2.45, 2.75) is 6.92 Å². The van der Waals surface area contributed by atoms with Crippen molar-refractivity contribution in [1.29, 1.82) is 0 Å². The molecule has 38 valence electrons. The van der Waals surface area contributed by atoms with E-state index in [1.54, 1.807) is 0 Å². The lowest BCUT2D eigenvalue weighted by Crippen LogP contribution is -1.96. The fraction of sp³-hybridized carbons (Fsp3) is 1.00. The molecule has 0 aromatic carbocycles. The third-order valence-electron chi connectivity index (χ3n) is 0.262. The molecule has 0 radical (unpaired) electrons. The average Bonchev–Trinajstić information content (AvgIpc) is 1.61. The van der Waals surface area contributed by atoms with Crippen LogP contribution in [0.3, 0.4) is 0 Å². The van der Waals surface area contributed by atoms with Crippen LogP contribution in [0.25, 0.3) is 0 Å². The predicted molar refractivity (Wildman–Crippen MR) is 23.6 cm³/mol. The van der Waals surface area contributed by atoms with Crippen LogP contribution in [-0.2, 0) is 4.74 Å². The van der Waals surface area contributed by atoms with E-state index >= 15 is 0 Å². The van der Waals surface area contributed by atoms with E-state index in [9.17, 15) is 0 Å². The molecule has 0 fully saturated rings. The van der Waals surface area contributed by atoms with Crippen molar-refractivity contribution < 1.29 is 15.3 Å². The molecule has 0 saturated heterocycles. The zero-order valence-corrected chi connectivity index (χ0v) is 3.56. The summed E-state index contributed by atoms with van der Waals surface area (Å²) in [6, 6.07) is 0. The van der Waals surface area contributed by atoms with Crippen molar-refractivity contribution in [3.63, 3.8) is 0 Å². The molecular formula is C4H10O2. The summed E-state index contributed by atoms with van der Waals surface area (Å²) in [7, 11) is 0. The highest BCUT2D eigenvalue weighted by molar-refractivity contribution is 4.18. The fourth-order valence-electron chi connectivity index (χ4n) is 0.104. The highest BCUT2D eigenvalue weighted by Gasteiger charge is 1.73. The maximum Gasteiger partial charge on any atom is 0.0697 e. The Kier molecular flexibility index (Phi) is 1.48. The van der Waals surface area contributed by atoms with Gasteiger partial charge in [0.05, 0.1) is 18.6 Å². The molecule has 2 heteroatoms. The Morgan fingerprint density at radius 3 is 2.83 bits per heavy atom. The van der Waals surface area contributed by atoms with E-state index in [4.69, 9.17) is 10.6 Å². The summed E-state index contributed by atoms with van der Waals surface area (Å²) >= 11 is 0. The zero-order chi connectivity index (χ0) is 8.41. The molecule has 0 aliphatic heterocycles. The second kappa shape index (κ2) is 4.92. The smallest absolute Gasteiger partial charge is 0.0697 e. The zero-order valence-electron chi connectivity index (χ0n) is 7.56. The molecule has 0 aliphatic rings. The van der Waals surface area contributed by atoms with E-state index in [1.165, 1.54) is 6.92 Å². The minimum atomic E-state index is -2.94. The molecule has 2 nitrogen and oxygen atoms in total. The Morgan fingerprint density at radius 2 is 2.67 bits per heavy atom. The number of hydrogen-bond acceptors (Lipinski definition) is 2. The second-order valence-electron chi connectivity index (χ2n) is 0.647. The maximum atomic E-state index is 8.51. The molecule has 0 aromatic heterocycles. The summed E-state index contributed by atoms with van der Waals surface area (Å²) in [5, 5.41) is 8.51. The van der Waals surface area contributed by atoms with Gasteiger partial charge in [-0.1, -0.05) is 0 Å². The molecule has 0 unspecified atom stereocenters. The van der Waals surface area contributed by atoms with Crippen molar-refractivity contribution in [3.8, 4) is 0 Å². The summed E-state index contributed by atoms with van der Waals surface area (Å²) in [6.45, 7) is -4.03. The SMILES string of the molecule is [2H]C([2H])(O)C([2H])([2H])OCC. The first-order chi connectivity index (χ1) is 4.31. The number of aliphatic hydroxyl groups is 1. The van der Waals surface area contributed by atoms with Crippen LogP contribution in [0.1, 0.15) is 12.4 Å². The fourth-order valence-corrected chi connectivity index (χ4v) is 0.104. The topological polar surface area (TPSA) is 29.5 Å². The van der Waals surface area contributed by atoms with Crippen LogP contribution in [-0.4, -0.2) is 24.8 Å². The van der Waals surface area contributed by atoms with Gasteiger partial charge in [0.25, 0.3) is 0 Å². The summed E-state index contributed by atoms with van der Waals surface area (Å²) in [4.78, 5) is 0. The van der Waals surface area contributed by atoms with Crippen molar-refractivity contribution >= 4 is 0 Å². The normalized spacial score (nSPS) is 23.7. The maximum absolute atomic E-state index is 8.51. The molecule has 0 heterocycles. The van der Waals surface area contributed by atoms with Crippen LogP contribution in [0.4, 0.5) is 0 Å². The summed E-state index contributed by atoms with van der Waals surface area (Å²) < 4.78 is 31.0. The monoisotopic (exact) mass is 94.1 g/mol. The standard InChI is InChI=1S/C4H10O2/c1-2-6-4-3-5/h5H,2-4H2,1H3/i3D2,4D2. The van der Waals surface area contributed by atoms with Gasteiger partial charge in [-0.05, 0) is 6.92 Å². The van der Waals surface area contributed by atoms with Gasteiger partial charge >= 0.3 is 0 Å². The van der Waals surface area contributed by atoms with Crippen LogP contribution in [0, 0.1) is 0 Å². The van der Waals surface area contributed by atoms with Crippen LogP contribution in [0.5, 0.6) is 0 Å². The number of rotatable bonds is 3.